The lowest BCUT2D eigenvalue weighted by atomic mass is 10.3. The molecule has 3 heteroatoms. The smallest absolute Gasteiger partial charge is 0.0541 e. The second kappa shape index (κ2) is 8.03. The predicted octanol–water partition coefficient (Wildman–Crippen LogP) is 3.82. The molecule has 0 saturated carbocycles. The van der Waals surface area contributed by atoms with Gasteiger partial charge in [-0.2, -0.15) is 0 Å². The molecule has 84 valence electrons. The Bertz CT molecular complexity index is 278. The number of unbranched alkanes of at least 4 members (excludes halogenated alkanes) is 1. The van der Waals surface area contributed by atoms with Crippen molar-refractivity contribution in [2.45, 2.75) is 24.7 Å². The van der Waals surface area contributed by atoms with Gasteiger partial charge >= 0.3 is 0 Å². The number of benzene rings is 1. The Balaban J connectivity index is 2.12. The third-order valence-corrected chi connectivity index (χ3v) is 3.69. The van der Waals surface area contributed by atoms with Crippen LogP contribution < -0.4 is 5.32 Å². The molecule has 0 amide bonds. The van der Waals surface area contributed by atoms with E-state index in [1.54, 1.807) is 0 Å². The minimum absolute atomic E-state index is 0.870. The standard InChI is InChI=1S/C12H18ClNS/c1-2-14-9-5-6-10-15-12-8-4-3-7-11(12)13/h3-4,7-8,14H,2,5-6,9-10H2,1H3. The van der Waals surface area contributed by atoms with Gasteiger partial charge in [0.2, 0.25) is 0 Å². The van der Waals surface area contributed by atoms with Crippen LogP contribution >= 0.6 is 23.4 Å². The van der Waals surface area contributed by atoms with Crippen LogP contribution in [0.2, 0.25) is 5.02 Å². The molecule has 0 radical (unpaired) electrons. The van der Waals surface area contributed by atoms with E-state index < -0.39 is 0 Å². The molecule has 1 N–H and O–H groups in total. The Morgan fingerprint density at radius 2 is 2.07 bits per heavy atom. The second-order valence-corrected chi connectivity index (χ2v) is 4.88. The van der Waals surface area contributed by atoms with Gasteiger partial charge in [0.05, 0.1) is 5.02 Å². The number of thioether (sulfide) groups is 1. The molecule has 15 heavy (non-hydrogen) atoms. The average molecular weight is 244 g/mol. The summed E-state index contributed by atoms with van der Waals surface area (Å²) < 4.78 is 0. The summed E-state index contributed by atoms with van der Waals surface area (Å²) in [4.78, 5) is 1.20. The molecular weight excluding hydrogens is 226 g/mol. The number of hydrogen-bond acceptors (Lipinski definition) is 2. The molecule has 0 saturated heterocycles. The van der Waals surface area contributed by atoms with E-state index in [4.69, 9.17) is 11.6 Å². The summed E-state index contributed by atoms with van der Waals surface area (Å²) in [5.41, 5.74) is 0. The SMILES string of the molecule is CCNCCCCSc1ccccc1Cl. The van der Waals surface area contributed by atoms with Gasteiger partial charge in [-0.1, -0.05) is 30.7 Å². The molecule has 0 aliphatic carbocycles. The van der Waals surface area contributed by atoms with Gasteiger partial charge in [-0.15, -0.1) is 11.8 Å². The van der Waals surface area contributed by atoms with Crippen LogP contribution in [0.25, 0.3) is 0 Å². The molecular formula is C12H18ClNS. The molecule has 0 aliphatic heterocycles. The van der Waals surface area contributed by atoms with Crippen LogP contribution in [-0.4, -0.2) is 18.8 Å². The Morgan fingerprint density at radius 3 is 2.80 bits per heavy atom. The zero-order valence-electron chi connectivity index (χ0n) is 9.13. The minimum Gasteiger partial charge on any atom is -0.317 e. The van der Waals surface area contributed by atoms with E-state index in [2.05, 4.69) is 18.3 Å². The van der Waals surface area contributed by atoms with E-state index in [1.807, 2.05) is 30.0 Å². The Hall–Kier alpha value is -0.180. The zero-order valence-corrected chi connectivity index (χ0v) is 10.7. The number of halogens is 1. The van der Waals surface area contributed by atoms with E-state index in [-0.39, 0.29) is 0 Å². The first-order valence-electron chi connectivity index (χ1n) is 5.42. The van der Waals surface area contributed by atoms with Gasteiger partial charge in [0.15, 0.2) is 0 Å². The Morgan fingerprint density at radius 1 is 1.27 bits per heavy atom. The van der Waals surface area contributed by atoms with Crippen molar-refractivity contribution < 1.29 is 0 Å². The van der Waals surface area contributed by atoms with Gasteiger partial charge in [0.25, 0.3) is 0 Å². The largest absolute Gasteiger partial charge is 0.317 e. The van der Waals surface area contributed by atoms with Crippen LogP contribution in [0, 0.1) is 0 Å². The molecule has 1 rings (SSSR count). The maximum absolute atomic E-state index is 6.05. The van der Waals surface area contributed by atoms with E-state index >= 15 is 0 Å². The van der Waals surface area contributed by atoms with E-state index in [0.29, 0.717) is 0 Å². The van der Waals surface area contributed by atoms with Crippen molar-refractivity contribution in [2.75, 3.05) is 18.8 Å². The van der Waals surface area contributed by atoms with E-state index in [0.717, 1.165) is 23.9 Å². The number of nitrogens with one attached hydrogen (secondary N) is 1. The van der Waals surface area contributed by atoms with E-state index in [9.17, 15) is 0 Å². The lowest BCUT2D eigenvalue weighted by Gasteiger charge is -2.04. The van der Waals surface area contributed by atoms with Crippen LogP contribution in [0.3, 0.4) is 0 Å². The summed E-state index contributed by atoms with van der Waals surface area (Å²) in [5, 5.41) is 4.19. The van der Waals surface area contributed by atoms with Crippen molar-refractivity contribution in [3.05, 3.63) is 29.3 Å². The fourth-order valence-electron chi connectivity index (χ4n) is 1.27. The summed E-state index contributed by atoms with van der Waals surface area (Å²) in [6.45, 7) is 4.33. The summed E-state index contributed by atoms with van der Waals surface area (Å²) >= 11 is 7.90. The molecule has 0 heterocycles. The van der Waals surface area contributed by atoms with E-state index in [1.165, 1.54) is 17.7 Å². The highest BCUT2D eigenvalue weighted by atomic mass is 35.5. The van der Waals surface area contributed by atoms with Crippen LogP contribution in [-0.2, 0) is 0 Å². The number of hydrogen-bond donors (Lipinski definition) is 1. The van der Waals surface area contributed by atoms with Crippen molar-refractivity contribution in [3.63, 3.8) is 0 Å². The molecule has 0 bridgehead atoms. The summed E-state index contributed by atoms with van der Waals surface area (Å²) in [6, 6.07) is 8.03. The predicted molar refractivity (Wildman–Crippen MR) is 70.0 cm³/mol. The van der Waals surface area contributed by atoms with Gasteiger partial charge in [-0.3, -0.25) is 0 Å². The highest BCUT2D eigenvalue weighted by Gasteiger charge is 1.98. The fraction of sp³-hybridized carbons (Fsp3) is 0.500. The first kappa shape index (κ1) is 12.9. The zero-order chi connectivity index (χ0) is 10.9. The van der Waals surface area contributed by atoms with Crippen molar-refractivity contribution in [2.24, 2.45) is 0 Å². The van der Waals surface area contributed by atoms with Gasteiger partial charge < -0.3 is 5.32 Å². The van der Waals surface area contributed by atoms with Crippen LogP contribution in [0.4, 0.5) is 0 Å². The van der Waals surface area contributed by atoms with Gasteiger partial charge in [0, 0.05) is 4.90 Å². The van der Waals surface area contributed by atoms with Crippen LogP contribution in [0.15, 0.2) is 29.2 Å². The maximum atomic E-state index is 6.05. The molecule has 0 atom stereocenters. The lowest BCUT2D eigenvalue weighted by molar-refractivity contribution is 0.666. The van der Waals surface area contributed by atoms with Crippen molar-refractivity contribution in [1.82, 2.24) is 5.32 Å². The summed E-state index contributed by atoms with van der Waals surface area (Å²) in [7, 11) is 0. The monoisotopic (exact) mass is 243 g/mol. The molecule has 1 nitrogen and oxygen atoms in total. The second-order valence-electron chi connectivity index (χ2n) is 3.34. The first-order chi connectivity index (χ1) is 7.34. The van der Waals surface area contributed by atoms with Crippen molar-refractivity contribution in [1.29, 1.82) is 0 Å². The van der Waals surface area contributed by atoms with Gasteiger partial charge in [-0.25, -0.2) is 0 Å². The molecule has 0 unspecified atom stereocenters. The molecule has 0 aliphatic rings. The van der Waals surface area contributed by atoms with Gasteiger partial charge in [0.1, 0.15) is 0 Å². The van der Waals surface area contributed by atoms with Gasteiger partial charge in [-0.05, 0) is 43.8 Å². The highest BCUT2D eigenvalue weighted by molar-refractivity contribution is 7.99. The summed E-state index contributed by atoms with van der Waals surface area (Å²) in [5.74, 6) is 1.15. The maximum Gasteiger partial charge on any atom is 0.0541 e. The van der Waals surface area contributed by atoms with Crippen molar-refractivity contribution >= 4 is 23.4 Å². The molecule has 0 fully saturated rings. The quantitative estimate of drug-likeness (QED) is 0.577. The lowest BCUT2D eigenvalue weighted by Crippen LogP contribution is -2.13. The highest BCUT2D eigenvalue weighted by Crippen LogP contribution is 2.26. The number of rotatable bonds is 7. The Labute approximate surface area is 102 Å². The third-order valence-electron chi connectivity index (χ3n) is 2.09. The fourth-order valence-corrected chi connectivity index (χ4v) is 2.52. The minimum atomic E-state index is 0.870. The summed E-state index contributed by atoms with van der Waals surface area (Å²) in [6.07, 6.45) is 2.48. The van der Waals surface area contributed by atoms with Crippen LogP contribution in [0.5, 0.6) is 0 Å². The third kappa shape index (κ3) is 5.45. The molecule has 1 aromatic rings. The Kier molecular flexibility index (Phi) is 6.90. The topological polar surface area (TPSA) is 12.0 Å². The molecule has 0 aromatic heterocycles. The normalized spacial score (nSPS) is 10.5. The van der Waals surface area contributed by atoms with Crippen LogP contribution in [0.1, 0.15) is 19.8 Å². The molecule has 1 aromatic carbocycles. The first-order valence-corrected chi connectivity index (χ1v) is 6.79. The van der Waals surface area contributed by atoms with Crippen molar-refractivity contribution in [3.8, 4) is 0 Å². The average Bonchev–Trinajstić information content (AvgIpc) is 2.25. The molecule has 0 spiro atoms.